The first-order chi connectivity index (χ1) is 9.29. The van der Waals surface area contributed by atoms with Crippen LogP contribution in [0.15, 0.2) is 0 Å². The van der Waals surface area contributed by atoms with Gasteiger partial charge in [0.2, 0.25) is 12.2 Å². The van der Waals surface area contributed by atoms with E-state index in [2.05, 4.69) is 14.8 Å². The van der Waals surface area contributed by atoms with Gasteiger partial charge in [-0.25, -0.2) is 4.79 Å². The third kappa shape index (κ3) is 6.69. The predicted octanol–water partition coefficient (Wildman–Crippen LogP) is -1.30. The minimum Gasteiger partial charge on any atom is -0.478 e. The van der Waals surface area contributed by atoms with Crippen molar-refractivity contribution in [3.63, 3.8) is 0 Å². The number of carboxylic acid groups (broad SMARTS) is 1. The number of methoxy groups -OCH3 is 1. The Morgan fingerprint density at radius 3 is 1.95 bits per heavy atom. The summed E-state index contributed by atoms with van der Waals surface area (Å²) in [4.78, 5) is 44.6. The Labute approximate surface area is 115 Å². The van der Waals surface area contributed by atoms with Crippen LogP contribution in [0.3, 0.4) is 0 Å². The molecule has 0 bridgehead atoms. The highest BCUT2D eigenvalue weighted by molar-refractivity contribution is 5.90. The summed E-state index contributed by atoms with van der Waals surface area (Å²) in [6.45, 7) is 2.25. The molecule has 0 aliphatic carbocycles. The molecule has 0 aromatic carbocycles. The van der Waals surface area contributed by atoms with Gasteiger partial charge in [-0.05, 0) is 0 Å². The van der Waals surface area contributed by atoms with Crippen LogP contribution >= 0.6 is 0 Å². The first kappa shape index (κ1) is 17.8. The number of nitrogens with one attached hydrogen (secondary N) is 1. The van der Waals surface area contributed by atoms with Gasteiger partial charge in [-0.3, -0.25) is 14.4 Å². The Morgan fingerprint density at radius 1 is 1.05 bits per heavy atom. The fraction of sp³-hybridized carbons (Fsp3) is 0.636. The zero-order valence-electron chi connectivity index (χ0n) is 11.4. The topological polar surface area (TPSA) is 128 Å². The lowest BCUT2D eigenvalue weighted by Crippen LogP contribution is -2.50. The number of esters is 2. The quantitative estimate of drug-likeness (QED) is 0.417. The molecule has 0 unspecified atom stereocenters. The number of carbonyl (C=O) groups excluding carboxylic acids is 3. The van der Waals surface area contributed by atoms with Crippen LogP contribution in [0, 0.1) is 0 Å². The number of aliphatic carboxylic acids is 1. The summed E-state index contributed by atoms with van der Waals surface area (Å²) in [5, 5.41) is 11.3. The summed E-state index contributed by atoms with van der Waals surface area (Å²) in [5.41, 5.74) is 0. The van der Waals surface area contributed by atoms with Crippen LogP contribution in [-0.2, 0) is 33.4 Å². The van der Waals surface area contributed by atoms with Gasteiger partial charge in [-0.1, -0.05) is 0 Å². The second-order valence-electron chi connectivity index (χ2n) is 3.68. The van der Waals surface area contributed by atoms with Crippen molar-refractivity contribution in [2.75, 3.05) is 20.3 Å². The number of hydrogen-bond donors (Lipinski definition) is 2. The van der Waals surface area contributed by atoms with Gasteiger partial charge in [0.05, 0.1) is 6.61 Å². The third-order valence-corrected chi connectivity index (χ3v) is 1.97. The number of carboxylic acids is 1. The molecule has 0 rings (SSSR count). The fourth-order valence-electron chi connectivity index (χ4n) is 1.23. The van der Waals surface area contributed by atoms with Crippen molar-refractivity contribution in [1.82, 2.24) is 5.32 Å². The van der Waals surface area contributed by atoms with Crippen LogP contribution in [0.25, 0.3) is 0 Å². The molecule has 2 atom stereocenters. The van der Waals surface area contributed by atoms with Crippen molar-refractivity contribution in [3.8, 4) is 0 Å². The van der Waals surface area contributed by atoms with Gasteiger partial charge in [0.25, 0.3) is 5.91 Å². The molecule has 2 N–H and O–H groups in total. The van der Waals surface area contributed by atoms with E-state index >= 15 is 0 Å². The Kier molecular flexibility index (Phi) is 7.90. The molecule has 114 valence electrons. The van der Waals surface area contributed by atoms with Crippen molar-refractivity contribution in [2.45, 2.75) is 26.1 Å². The number of rotatable bonds is 8. The molecule has 0 aliphatic rings. The molecule has 0 aliphatic heterocycles. The first-order valence-electron chi connectivity index (χ1n) is 5.63. The molecule has 0 aromatic rings. The molecular weight excluding hydrogens is 274 g/mol. The Bertz CT molecular complexity index is 381. The van der Waals surface area contributed by atoms with Crippen LogP contribution in [0.1, 0.15) is 13.8 Å². The standard InChI is InChI=1S/C11H17NO8/c1-6(13)19-8(10(15)12-4-5-18-3)9(11(16)17)20-7(2)14/h8-9H,4-5H2,1-3H3,(H,12,15)(H,16,17)/t8-,9-/m1/s1. The molecule has 0 aromatic heterocycles. The van der Waals surface area contributed by atoms with E-state index in [9.17, 15) is 19.2 Å². The van der Waals surface area contributed by atoms with Gasteiger partial charge in [0, 0.05) is 27.5 Å². The molecule has 0 saturated heterocycles. The maximum atomic E-state index is 11.8. The van der Waals surface area contributed by atoms with E-state index in [0.717, 1.165) is 13.8 Å². The van der Waals surface area contributed by atoms with Crippen molar-refractivity contribution >= 4 is 23.8 Å². The van der Waals surface area contributed by atoms with Gasteiger partial charge in [-0.15, -0.1) is 0 Å². The van der Waals surface area contributed by atoms with E-state index in [1.54, 1.807) is 0 Å². The smallest absolute Gasteiger partial charge is 0.349 e. The first-order valence-corrected chi connectivity index (χ1v) is 5.63. The monoisotopic (exact) mass is 291 g/mol. The summed E-state index contributed by atoms with van der Waals surface area (Å²) < 4.78 is 13.8. The Balaban J connectivity index is 4.97. The number of hydrogen-bond acceptors (Lipinski definition) is 7. The summed E-state index contributed by atoms with van der Waals surface area (Å²) in [5.74, 6) is -4.30. The van der Waals surface area contributed by atoms with E-state index in [4.69, 9.17) is 9.84 Å². The van der Waals surface area contributed by atoms with E-state index in [1.165, 1.54) is 7.11 Å². The minimum absolute atomic E-state index is 0.0828. The highest BCUT2D eigenvalue weighted by atomic mass is 16.6. The molecule has 20 heavy (non-hydrogen) atoms. The zero-order chi connectivity index (χ0) is 15.7. The lowest BCUT2D eigenvalue weighted by atomic mass is 10.2. The number of carbonyl (C=O) groups is 4. The molecule has 9 heteroatoms. The lowest BCUT2D eigenvalue weighted by molar-refractivity contribution is -0.180. The molecule has 1 amide bonds. The SMILES string of the molecule is COCCNC(=O)[C@H](OC(C)=O)[C@@H](OC(C)=O)C(=O)O. The summed E-state index contributed by atoms with van der Waals surface area (Å²) >= 11 is 0. The second kappa shape index (κ2) is 8.86. The summed E-state index contributed by atoms with van der Waals surface area (Å²) in [6.07, 6.45) is -3.69. The van der Waals surface area contributed by atoms with Gasteiger partial charge >= 0.3 is 17.9 Å². The Morgan fingerprint density at radius 2 is 1.55 bits per heavy atom. The van der Waals surface area contributed by atoms with Crippen LogP contribution in [0.5, 0.6) is 0 Å². The molecular formula is C11H17NO8. The summed E-state index contributed by atoms with van der Waals surface area (Å²) in [6, 6.07) is 0. The maximum Gasteiger partial charge on any atom is 0.349 e. The maximum absolute atomic E-state index is 11.8. The van der Waals surface area contributed by atoms with Gasteiger partial charge < -0.3 is 24.6 Å². The molecule has 0 saturated carbocycles. The summed E-state index contributed by atoms with van der Waals surface area (Å²) in [7, 11) is 1.41. The largest absolute Gasteiger partial charge is 0.478 e. The van der Waals surface area contributed by atoms with Gasteiger partial charge in [0.15, 0.2) is 0 Å². The van der Waals surface area contributed by atoms with Crippen molar-refractivity contribution < 1.29 is 38.5 Å². The number of amides is 1. The van der Waals surface area contributed by atoms with Crippen LogP contribution in [0.2, 0.25) is 0 Å². The zero-order valence-corrected chi connectivity index (χ0v) is 11.4. The van der Waals surface area contributed by atoms with Gasteiger partial charge in [0.1, 0.15) is 0 Å². The molecule has 0 radical (unpaired) electrons. The van der Waals surface area contributed by atoms with Gasteiger partial charge in [-0.2, -0.15) is 0 Å². The van der Waals surface area contributed by atoms with E-state index in [0.29, 0.717) is 0 Å². The second-order valence-corrected chi connectivity index (χ2v) is 3.68. The molecule has 9 nitrogen and oxygen atoms in total. The third-order valence-electron chi connectivity index (χ3n) is 1.97. The highest BCUT2D eigenvalue weighted by Crippen LogP contribution is 2.07. The van der Waals surface area contributed by atoms with Crippen LogP contribution < -0.4 is 5.32 Å². The Hall–Kier alpha value is -2.16. The van der Waals surface area contributed by atoms with E-state index in [1.807, 2.05) is 0 Å². The van der Waals surface area contributed by atoms with Crippen molar-refractivity contribution in [3.05, 3.63) is 0 Å². The molecule has 0 spiro atoms. The average Bonchev–Trinajstić information content (AvgIpc) is 2.32. The fourth-order valence-corrected chi connectivity index (χ4v) is 1.23. The van der Waals surface area contributed by atoms with Crippen LogP contribution in [-0.4, -0.2) is 61.4 Å². The lowest BCUT2D eigenvalue weighted by Gasteiger charge is -2.22. The molecule has 0 heterocycles. The normalized spacial score (nSPS) is 12.9. The van der Waals surface area contributed by atoms with Crippen molar-refractivity contribution in [1.29, 1.82) is 0 Å². The van der Waals surface area contributed by atoms with Crippen molar-refractivity contribution in [2.24, 2.45) is 0 Å². The molecule has 0 fully saturated rings. The van der Waals surface area contributed by atoms with Crippen LogP contribution in [0.4, 0.5) is 0 Å². The predicted molar refractivity (Wildman–Crippen MR) is 63.6 cm³/mol. The number of ether oxygens (including phenoxy) is 3. The minimum atomic E-state index is -1.92. The average molecular weight is 291 g/mol. The highest BCUT2D eigenvalue weighted by Gasteiger charge is 2.39. The van der Waals surface area contributed by atoms with E-state index < -0.39 is 36.0 Å². The van der Waals surface area contributed by atoms with E-state index in [-0.39, 0.29) is 13.2 Å².